The first-order valence-corrected chi connectivity index (χ1v) is 11.5. The van der Waals surface area contributed by atoms with E-state index < -0.39 is 0 Å². The molecule has 4 rings (SSSR count). The summed E-state index contributed by atoms with van der Waals surface area (Å²) in [6, 6.07) is 10.8. The first-order chi connectivity index (χ1) is 15.0. The Morgan fingerprint density at radius 1 is 1.10 bits per heavy atom. The van der Waals surface area contributed by atoms with Crippen molar-refractivity contribution in [3.8, 4) is 0 Å². The lowest BCUT2D eigenvalue weighted by molar-refractivity contribution is 0.111. The van der Waals surface area contributed by atoms with E-state index in [0.717, 1.165) is 77.0 Å². The first kappa shape index (κ1) is 21.8. The van der Waals surface area contributed by atoms with Gasteiger partial charge in [0.25, 0.3) is 0 Å². The molecule has 1 saturated heterocycles. The number of aromatic nitrogens is 1. The molecule has 31 heavy (non-hydrogen) atoms. The van der Waals surface area contributed by atoms with Crippen LogP contribution in [0.2, 0.25) is 0 Å². The van der Waals surface area contributed by atoms with Crippen molar-refractivity contribution in [2.45, 2.75) is 45.8 Å². The van der Waals surface area contributed by atoms with E-state index in [1.807, 2.05) is 6.07 Å². The number of hydrogen-bond donors (Lipinski definition) is 1. The molecule has 2 aliphatic heterocycles. The van der Waals surface area contributed by atoms with Gasteiger partial charge >= 0.3 is 0 Å². The summed E-state index contributed by atoms with van der Waals surface area (Å²) in [4.78, 5) is 12.5. The van der Waals surface area contributed by atoms with Crippen LogP contribution in [0.1, 0.15) is 37.6 Å². The van der Waals surface area contributed by atoms with E-state index in [1.165, 1.54) is 11.1 Å². The normalized spacial score (nSPS) is 18.8. The molecule has 7 heteroatoms. The van der Waals surface area contributed by atoms with Gasteiger partial charge in [-0.2, -0.15) is 0 Å². The molecule has 1 N–H and O–H groups in total. The number of piperazine rings is 1. The second-order valence-corrected chi connectivity index (χ2v) is 9.18. The number of aliphatic imine (C=N–C) groups is 1. The summed E-state index contributed by atoms with van der Waals surface area (Å²) < 4.78 is 4.96. The summed E-state index contributed by atoms with van der Waals surface area (Å²) >= 11 is 0. The van der Waals surface area contributed by atoms with Gasteiger partial charge in [0.15, 0.2) is 5.96 Å². The van der Waals surface area contributed by atoms with Gasteiger partial charge in [-0.15, -0.1) is 0 Å². The van der Waals surface area contributed by atoms with Gasteiger partial charge in [0.1, 0.15) is 6.26 Å². The molecule has 0 unspecified atom stereocenters. The maximum atomic E-state index is 5.08. The van der Waals surface area contributed by atoms with Crippen molar-refractivity contribution in [3.05, 3.63) is 53.4 Å². The van der Waals surface area contributed by atoms with E-state index in [9.17, 15) is 0 Å². The summed E-state index contributed by atoms with van der Waals surface area (Å²) in [5, 5.41) is 7.55. The molecule has 1 fully saturated rings. The minimum Gasteiger partial charge on any atom is -0.364 e. The number of benzene rings is 1. The highest BCUT2D eigenvalue weighted by molar-refractivity contribution is 5.80. The van der Waals surface area contributed by atoms with Crippen LogP contribution >= 0.6 is 0 Å². The van der Waals surface area contributed by atoms with Gasteiger partial charge < -0.3 is 14.7 Å². The maximum absolute atomic E-state index is 5.08. The molecule has 7 nitrogen and oxygen atoms in total. The minimum absolute atomic E-state index is 0.0168. The van der Waals surface area contributed by atoms with Gasteiger partial charge in [0.2, 0.25) is 0 Å². The van der Waals surface area contributed by atoms with Crippen molar-refractivity contribution in [1.82, 2.24) is 25.2 Å². The molecular weight excluding hydrogens is 388 g/mol. The fourth-order valence-electron chi connectivity index (χ4n) is 4.47. The number of guanidine groups is 1. The molecule has 2 aliphatic rings. The topological polar surface area (TPSA) is 60.1 Å². The molecule has 168 valence electrons. The molecule has 0 aliphatic carbocycles. The maximum Gasteiger partial charge on any atom is 0.194 e. The molecule has 0 saturated carbocycles. The van der Waals surface area contributed by atoms with E-state index in [4.69, 9.17) is 9.52 Å². The number of nitrogens with zero attached hydrogens (tertiary/aromatic N) is 5. The van der Waals surface area contributed by atoms with Crippen molar-refractivity contribution in [3.63, 3.8) is 0 Å². The van der Waals surface area contributed by atoms with Crippen molar-refractivity contribution < 1.29 is 4.52 Å². The van der Waals surface area contributed by atoms with Gasteiger partial charge in [-0.1, -0.05) is 29.4 Å². The zero-order valence-electron chi connectivity index (χ0n) is 19.2. The van der Waals surface area contributed by atoms with E-state index >= 15 is 0 Å². The predicted octanol–water partition coefficient (Wildman–Crippen LogP) is 2.59. The Balaban J connectivity index is 1.35. The standard InChI is InChI=1S/C24H36N6O/c1-4-25-23(29-14-12-28(13-15-29)18-22-10-16-31-27-22)26-19-24(2,3)30-11-9-20-7-5-6-8-21(20)17-30/h5-8,10,16H,4,9,11-15,17-19H2,1-3H3,(H,25,26). The monoisotopic (exact) mass is 424 g/mol. The third-order valence-electron chi connectivity index (χ3n) is 6.49. The average molecular weight is 425 g/mol. The number of nitrogens with one attached hydrogen (secondary N) is 1. The van der Waals surface area contributed by atoms with Gasteiger partial charge in [0.05, 0.1) is 12.2 Å². The van der Waals surface area contributed by atoms with Crippen LogP contribution in [-0.2, 0) is 19.5 Å². The lowest BCUT2D eigenvalue weighted by Gasteiger charge is -2.41. The molecule has 0 bridgehead atoms. The molecule has 0 amide bonds. The quantitative estimate of drug-likeness (QED) is 0.568. The summed E-state index contributed by atoms with van der Waals surface area (Å²) in [5.41, 5.74) is 3.97. The van der Waals surface area contributed by atoms with Crippen molar-refractivity contribution in [1.29, 1.82) is 0 Å². The molecule has 0 spiro atoms. The third-order valence-corrected chi connectivity index (χ3v) is 6.49. The van der Waals surface area contributed by atoms with Gasteiger partial charge in [-0.05, 0) is 38.3 Å². The lowest BCUT2D eigenvalue weighted by atomic mass is 9.94. The fourth-order valence-corrected chi connectivity index (χ4v) is 4.47. The van der Waals surface area contributed by atoms with Crippen LogP contribution in [0.25, 0.3) is 0 Å². The van der Waals surface area contributed by atoms with Gasteiger partial charge in [-0.3, -0.25) is 14.8 Å². The predicted molar refractivity (Wildman–Crippen MR) is 124 cm³/mol. The van der Waals surface area contributed by atoms with Crippen LogP contribution < -0.4 is 5.32 Å². The molecule has 0 atom stereocenters. The van der Waals surface area contributed by atoms with E-state index in [2.05, 4.69) is 70.2 Å². The molecule has 0 radical (unpaired) electrons. The Morgan fingerprint density at radius 2 is 1.87 bits per heavy atom. The number of fused-ring (bicyclic) bond motifs is 1. The van der Waals surface area contributed by atoms with Crippen molar-refractivity contribution in [2.75, 3.05) is 45.8 Å². The summed E-state index contributed by atoms with van der Waals surface area (Å²) in [5.74, 6) is 1.04. The summed E-state index contributed by atoms with van der Waals surface area (Å²) in [7, 11) is 0. The molecular formula is C24H36N6O. The Kier molecular flexibility index (Phi) is 6.92. The Morgan fingerprint density at radius 3 is 2.58 bits per heavy atom. The largest absolute Gasteiger partial charge is 0.364 e. The fraction of sp³-hybridized carbons (Fsp3) is 0.583. The Labute approximate surface area is 186 Å². The van der Waals surface area contributed by atoms with Crippen LogP contribution in [0.5, 0.6) is 0 Å². The Hall–Kier alpha value is -2.38. The highest BCUT2D eigenvalue weighted by Gasteiger charge is 2.30. The highest BCUT2D eigenvalue weighted by atomic mass is 16.5. The van der Waals surface area contributed by atoms with Crippen LogP contribution in [0.15, 0.2) is 46.1 Å². The van der Waals surface area contributed by atoms with Crippen molar-refractivity contribution >= 4 is 5.96 Å². The number of rotatable bonds is 6. The average Bonchev–Trinajstić information content (AvgIpc) is 3.30. The van der Waals surface area contributed by atoms with E-state index in [1.54, 1.807) is 6.26 Å². The number of hydrogen-bond acceptors (Lipinski definition) is 5. The Bertz CT molecular complexity index is 855. The zero-order valence-corrected chi connectivity index (χ0v) is 19.2. The highest BCUT2D eigenvalue weighted by Crippen LogP contribution is 2.25. The second-order valence-electron chi connectivity index (χ2n) is 9.18. The first-order valence-electron chi connectivity index (χ1n) is 11.5. The van der Waals surface area contributed by atoms with Crippen LogP contribution in [0.4, 0.5) is 0 Å². The van der Waals surface area contributed by atoms with Crippen molar-refractivity contribution in [2.24, 2.45) is 4.99 Å². The second kappa shape index (κ2) is 9.83. The molecule has 3 heterocycles. The van der Waals surface area contributed by atoms with Crippen LogP contribution in [0, 0.1) is 0 Å². The zero-order chi connectivity index (χ0) is 21.7. The smallest absolute Gasteiger partial charge is 0.194 e. The molecule has 2 aromatic rings. The molecule has 1 aromatic carbocycles. The minimum atomic E-state index is 0.0168. The van der Waals surface area contributed by atoms with Crippen LogP contribution in [0.3, 0.4) is 0 Å². The SMILES string of the molecule is CCNC(=NCC(C)(C)N1CCc2ccccc2C1)N1CCN(Cc2ccon2)CC1. The summed E-state index contributed by atoms with van der Waals surface area (Å²) in [6.45, 7) is 15.4. The molecule has 1 aromatic heterocycles. The van der Waals surface area contributed by atoms with Gasteiger partial charge in [0, 0.05) is 64.0 Å². The van der Waals surface area contributed by atoms with E-state index in [-0.39, 0.29) is 5.54 Å². The van der Waals surface area contributed by atoms with Crippen LogP contribution in [-0.4, -0.2) is 77.2 Å². The lowest BCUT2D eigenvalue weighted by Crippen LogP contribution is -2.53. The summed E-state index contributed by atoms with van der Waals surface area (Å²) in [6.07, 6.45) is 2.76. The van der Waals surface area contributed by atoms with E-state index in [0.29, 0.717) is 0 Å². The third kappa shape index (κ3) is 5.46. The van der Waals surface area contributed by atoms with Gasteiger partial charge in [-0.25, -0.2) is 0 Å².